The molecule has 1 saturated heterocycles. The summed E-state index contributed by atoms with van der Waals surface area (Å²) in [5.41, 5.74) is 1.23. The van der Waals surface area contributed by atoms with E-state index in [-0.39, 0.29) is 0 Å². The molecular weight excluding hydrogens is 240 g/mol. The maximum atomic E-state index is 5.62. The highest BCUT2D eigenvalue weighted by molar-refractivity contribution is 5.49. The van der Waals surface area contributed by atoms with Gasteiger partial charge in [-0.15, -0.1) is 5.10 Å². The van der Waals surface area contributed by atoms with Gasteiger partial charge in [-0.1, -0.05) is 0 Å². The Labute approximate surface area is 112 Å². The Bertz CT molecular complexity index is 509. The Morgan fingerprint density at radius 2 is 1.84 bits per heavy atom. The number of hydrogen-bond acceptors (Lipinski definition) is 5. The molecular formula is C14H16N4O. The maximum absolute atomic E-state index is 5.62. The van der Waals surface area contributed by atoms with E-state index < -0.39 is 0 Å². The minimum absolute atomic E-state index is 0.512. The van der Waals surface area contributed by atoms with Gasteiger partial charge in [-0.3, -0.25) is 0 Å². The average molecular weight is 256 g/mol. The molecule has 1 aromatic carbocycles. The second-order valence-corrected chi connectivity index (χ2v) is 4.39. The normalized spacial score (nSPS) is 15.3. The van der Waals surface area contributed by atoms with Crippen molar-refractivity contribution in [3.63, 3.8) is 0 Å². The third kappa shape index (κ3) is 3.00. The topological polar surface area (TPSA) is 50.3 Å². The van der Waals surface area contributed by atoms with Crippen molar-refractivity contribution in [1.29, 1.82) is 0 Å². The van der Waals surface area contributed by atoms with Crippen LogP contribution in [0.5, 0.6) is 11.6 Å². The van der Waals surface area contributed by atoms with Crippen LogP contribution in [0.2, 0.25) is 0 Å². The number of nitrogens with one attached hydrogen (secondary N) is 1. The van der Waals surface area contributed by atoms with Gasteiger partial charge in [-0.2, -0.15) is 5.10 Å². The molecule has 5 heteroatoms. The van der Waals surface area contributed by atoms with Gasteiger partial charge in [0.25, 0.3) is 0 Å². The second-order valence-electron chi connectivity index (χ2n) is 4.39. The van der Waals surface area contributed by atoms with Gasteiger partial charge >= 0.3 is 0 Å². The summed E-state index contributed by atoms with van der Waals surface area (Å²) in [6, 6.07) is 11.7. The number of benzene rings is 1. The zero-order valence-corrected chi connectivity index (χ0v) is 10.6. The number of ether oxygens (including phenoxy) is 1. The summed E-state index contributed by atoms with van der Waals surface area (Å²) in [5, 5.41) is 11.0. The monoisotopic (exact) mass is 256 g/mol. The van der Waals surface area contributed by atoms with Gasteiger partial charge in [0, 0.05) is 44.1 Å². The Morgan fingerprint density at radius 3 is 2.53 bits per heavy atom. The van der Waals surface area contributed by atoms with E-state index in [0.29, 0.717) is 5.88 Å². The molecule has 0 saturated carbocycles. The quantitative estimate of drug-likeness (QED) is 0.905. The van der Waals surface area contributed by atoms with Gasteiger partial charge in [-0.05, 0) is 30.3 Å². The van der Waals surface area contributed by atoms with Crippen molar-refractivity contribution in [3.8, 4) is 11.6 Å². The zero-order valence-electron chi connectivity index (χ0n) is 10.6. The van der Waals surface area contributed by atoms with Crippen LogP contribution in [0.3, 0.4) is 0 Å². The fourth-order valence-corrected chi connectivity index (χ4v) is 2.11. The molecule has 2 heterocycles. The first-order chi connectivity index (χ1) is 9.42. The van der Waals surface area contributed by atoms with E-state index in [1.165, 1.54) is 5.69 Å². The van der Waals surface area contributed by atoms with Crippen molar-refractivity contribution in [2.24, 2.45) is 0 Å². The predicted molar refractivity (Wildman–Crippen MR) is 73.6 cm³/mol. The largest absolute Gasteiger partial charge is 0.438 e. The summed E-state index contributed by atoms with van der Waals surface area (Å²) in [7, 11) is 0. The first kappa shape index (κ1) is 11.9. The van der Waals surface area contributed by atoms with Crippen LogP contribution >= 0.6 is 0 Å². The third-order valence-electron chi connectivity index (χ3n) is 3.09. The smallest absolute Gasteiger partial charge is 0.238 e. The van der Waals surface area contributed by atoms with Crippen LogP contribution in [-0.2, 0) is 0 Å². The van der Waals surface area contributed by atoms with E-state index in [2.05, 4.69) is 32.5 Å². The molecule has 5 nitrogen and oxygen atoms in total. The van der Waals surface area contributed by atoms with E-state index >= 15 is 0 Å². The lowest BCUT2D eigenvalue weighted by molar-refractivity contribution is 0.455. The molecule has 0 unspecified atom stereocenters. The van der Waals surface area contributed by atoms with Gasteiger partial charge in [0.2, 0.25) is 5.88 Å². The number of aromatic nitrogens is 2. The minimum Gasteiger partial charge on any atom is -0.438 e. The van der Waals surface area contributed by atoms with Crippen LogP contribution in [0.4, 0.5) is 5.69 Å². The lowest BCUT2D eigenvalue weighted by Crippen LogP contribution is -2.43. The van der Waals surface area contributed by atoms with Gasteiger partial charge in [0.15, 0.2) is 0 Å². The molecule has 3 rings (SSSR count). The van der Waals surface area contributed by atoms with Gasteiger partial charge < -0.3 is 15.0 Å². The van der Waals surface area contributed by atoms with E-state index in [9.17, 15) is 0 Å². The SMILES string of the molecule is c1cnnc(Oc2ccc(N3CCNCC3)cc2)c1. The second kappa shape index (κ2) is 5.67. The average Bonchev–Trinajstić information content (AvgIpc) is 2.50. The summed E-state index contributed by atoms with van der Waals surface area (Å²) < 4.78 is 5.62. The van der Waals surface area contributed by atoms with Gasteiger partial charge in [0.05, 0.1) is 0 Å². The molecule has 1 aliphatic heterocycles. The van der Waals surface area contributed by atoms with Crippen molar-refractivity contribution in [3.05, 3.63) is 42.6 Å². The highest BCUT2D eigenvalue weighted by Gasteiger charge is 2.10. The van der Waals surface area contributed by atoms with Crippen molar-refractivity contribution >= 4 is 5.69 Å². The first-order valence-corrected chi connectivity index (χ1v) is 6.43. The number of nitrogens with zero attached hydrogens (tertiary/aromatic N) is 3. The summed E-state index contributed by atoms with van der Waals surface area (Å²) in [6.07, 6.45) is 1.63. The van der Waals surface area contributed by atoms with E-state index in [4.69, 9.17) is 4.74 Å². The number of rotatable bonds is 3. The minimum atomic E-state index is 0.512. The van der Waals surface area contributed by atoms with Crippen molar-refractivity contribution in [2.45, 2.75) is 0 Å². The molecule has 2 aromatic rings. The van der Waals surface area contributed by atoms with E-state index in [0.717, 1.165) is 31.9 Å². The van der Waals surface area contributed by atoms with Crippen molar-refractivity contribution < 1.29 is 4.74 Å². The summed E-state index contributed by atoms with van der Waals surface area (Å²) in [5.74, 6) is 1.29. The molecule has 98 valence electrons. The standard InChI is InChI=1S/C14H16N4O/c1-2-14(17-16-7-1)19-13-5-3-12(4-6-13)18-10-8-15-9-11-18/h1-7,15H,8-11H2. The van der Waals surface area contributed by atoms with E-state index in [1.807, 2.05) is 12.1 Å². The maximum Gasteiger partial charge on any atom is 0.238 e. The molecule has 1 fully saturated rings. The molecule has 0 bridgehead atoms. The van der Waals surface area contributed by atoms with Crippen LogP contribution < -0.4 is 15.0 Å². The Hall–Kier alpha value is -2.14. The van der Waals surface area contributed by atoms with Crippen molar-refractivity contribution in [1.82, 2.24) is 15.5 Å². The number of piperazine rings is 1. The predicted octanol–water partition coefficient (Wildman–Crippen LogP) is 1.68. The Kier molecular flexibility index (Phi) is 3.56. The zero-order chi connectivity index (χ0) is 12.9. The fourth-order valence-electron chi connectivity index (χ4n) is 2.11. The first-order valence-electron chi connectivity index (χ1n) is 6.43. The fraction of sp³-hybridized carbons (Fsp3) is 0.286. The van der Waals surface area contributed by atoms with Crippen LogP contribution in [-0.4, -0.2) is 36.4 Å². The lowest BCUT2D eigenvalue weighted by atomic mass is 10.2. The van der Waals surface area contributed by atoms with Crippen LogP contribution in [0.25, 0.3) is 0 Å². The highest BCUT2D eigenvalue weighted by Crippen LogP contribution is 2.23. The molecule has 0 radical (unpaired) electrons. The number of anilines is 1. The number of hydrogen-bond donors (Lipinski definition) is 1. The van der Waals surface area contributed by atoms with Crippen LogP contribution in [0, 0.1) is 0 Å². The molecule has 0 amide bonds. The summed E-state index contributed by atoms with van der Waals surface area (Å²) in [4.78, 5) is 2.36. The summed E-state index contributed by atoms with van der Waals surface area (Å²) >= 11 is 0. The van der Waals surface area contributed by atoms with Crippen molar-refractivity contribution in [2.75, 3.05) is 31.1 Å². The summed E-state index contributed by atoms with van der Waals surface area (Å²) in [6.45, 7) is 4.17. The lowest BCUT2D eigenvalue weighted by Gasteiger charge is -2.29. The molecule has 0 atom stereocenters. The van der Waals surface area contributed by atoms with Gasteiger partial charge in [0.1, 0.15) is 5.75 Å². The van der Waals surface area contributed by atoms with E-state index in [1.54, 1.807) is 18.3 Å². The Morgan fingerprint density at radius 1 is 1.05 bits per heavy atom. The van der Waals surface area contributed by atoms with Crippen LogP contribution in [0.15, 0.2) is 42.6 Å². The molecule has 1 aromatic heterocycles. The van der Waals surface area contributed by atoms with Gasteiger partial charge in [-0.25, -0.2) is 0 Å². The molecule has 1 N–H and O–H groups in total. The third-order valence-corrected chi connectivity index (χ3v) is 3.09. The molecule has 0 aliphatic carbocycles. The Balaban J connectivity index is 1.68. The molecule has 19 heavy (non-hydrogen) atoms. The highest BCUT2D eigenvalue weighted by atomic mass is 16.5. The molecule has 1 aliphatic rings. The molecule has 0 spiro atoms. The van der Waals surface area contributed by atoms with Crippen LogP contribution in [0.1, 0.15) is 0 Å².